The molecule has 0 aromatic carbocycles. The van der Waals surface area contributed by atoms with Gasteiger partial charge in [0, 0.05) is 0 Å². The van der Waals surface area contributed by atoms with Gasteiger partial charge in [0.05, 0.1) is 12.2 Å². The quantitative estimate of drug-likeness (QED) is 0.232. The first-order chi connectivity index (χ1) is 9.38. The maximum atomic E-state index is 5.65. The summed E-state index contributed by atoms with van der Waals surface area (Å²) in [5.74, 6) is 0. The highest BCUT2D eigenvalue weighted by Crippen LogP contribution is 2.30. The van der Waals surface area contributed by atoms with E-state index in [-0.39, 0.29) is 0 Å². The van der Waals surface area contributed by atoms with E-state index in [1.807, 2.05) is 12.2 Å². The lowest BCUT2D eigenvalue weighted by Crippen LogP contribution is -1.92. The molecule has 1 nitrogen and oxygen atoms in total. The number of allylic oxidation sites excluding steroid dienone is 2. The summed E-state index contributed by atoms with van der Waals surface area (Å²) in [5, 5.41) is 0. The van der Waals surface area contributed by atoms with Crippen molar-refractivity contribution < 1.29 is 4.74 Å². The molecule has 2 unspecified atom stereocenters. The normalized spacial score (nSPS) is 21.9. The first kappa shape index (κ1) is 16.5. The van der Waals surface area contributed by atoms with Gasteiger partial charge >= 0.3 is 0 Å². The number of unbranched alkanes of at least 4 members (excludes halogenated alkanes) is 8. The second-order valence-corrected chi connectivity index (χ2v) is 5.73. The molecule has 1 heterocycles. The van der Waals surface area contributed by atoms with E-state index >= 15 is 0 Å². The van der Waals surface area contributed by atoms with Crippen molar-refractivity contribution in [1.29, 1.82) is 0 Å². The van der Waals surface area contributed by atoms with Crippen LogP contribution in [-0.4, -0.2) is 12.2 Å². The van der Waals surface area contributed by atoms with Crippen LogP contribution in [0.15, 0.2) is 24.8 Å². The molecule has 0 bridgehead atoms. The number of hydrogen-bond acceptors (Lipinski definition) is 1. The van der Waals surface area contributed by atoms with E-state index in [9.17, 15) is 0 Å². The fraction of sp³-hybridized carbons (Fsp3) is 0.778. The van der Waals surface area contributed by atoms with Crippen LogP contribution < -0.4 is 0 Å². The molecular formula is C18H32O. The van der Waals surface area contributed by atoms with Gasteiger partial charge in [0.15, 0.2) is 0 Å². The van der Waals surface area contributed by atoms with Crippen molar-refractivity contribution in [3.05, 3.63) is 24.8 Å². The van der Waals surface area contributed by atoms with Crippen molar-refractivity contribution in [2.75, 3.05) is 0 Å². The van der Waals surface area contributed by atoms with Crippen LogP contribution in [0.3, 0.4) is 0 Å². The molecule has 1 saturated heterocycles. The Morgan fingerprint density at radius 3 is 2.16 bits per heavy atom. The van der Waals surface area contributed by atoms with Gasteiger partial charge in [-0.3, -0.25) is 0 Å². The molecule has 0 aliphatic carbocycles. The van der Waals surface area contributed by atoms with Crippen LogP contribution in [0.4, 0.5) is 0 Å². The van der Waals surface area contributed by atoms with Gasteiger partial charge in [-0.25, -0.2) is 0 Å². The smallest absolute Gasteiger partial charge is 0.0876 e. The predicted octanol–water partition coefficient (Wildman–Crippen LogP) is 5.81. The standard InChI is InChI=1S/C18H32O/c1-3-5-7-8-9-10-11-12-14-16-18-17(19-18)15-13-6-4-2/h4,6,13,17-18H,2-3,5,7-12,14-16H2,1H3/b13-6-. The van der Waals surface area contributed by atoms with Crippen LogP contribution in [0.1, 0.15) is 77.6 Å². The molecule has 0 amide bonds. The maximum absolute atomic E-state index is 5.65. The van der Waals surface area contributed by atoms with Crippen molar-refractivity contribution in [3.8, 4) is 0 Å². The summed E-state index contributed by atoms with van der Waals surface area (Å²) in [6, 6.07) is 0. The molecular weight excluding hydrogens is 232 g/mol. The first-order valence-corrected chi connectivity index (χ1v) is 8.31. The Kier molecular flexibility index (Phi) is 9.79. The van der Waals surface area contributed by atoms with Crippen LogP contribution in [0.5, 0.6) is 0 Å². The summed E-state index contributed by atoms with van der Waals surface area (Å²) in [6.07, 6.45) is 22.1. The third-order valence-corrected chi connectivity index (χ3v) is 3.92. The first-order valence-electron chi connectivity index (χ1n) is 8.31. The van der Waals surface area contributed by atoms with Crippen molar-refractivity contribution >= 4 is 0 Å². The molecule has 0 aromatic heterocycles. The zero-order valence-electron chi connectivity index (χ0n) is 12.8. The zero-order valence-corrected chi connectivity index (χ0v) is 12.8. The van der Waals surface area contributed by atoms with Crippen LogP contribution in [-0.2, 0) is 4.74 Å². The molecule has 0 N–H and O–H groups in total. The minimum absolute atomic E-state index is 0.505. The summed E-state index contributed by atoms with van der Waals surface area (Å²) >= 11 is 0. The average molecular weight is 264 g/mol. The van der Waals surface area contributed by atoms with Crippen molar-refractivity contribution in [2.24, 2.45) is 0 Å². The summed E-state index contributed by atoms with van der Waals surface area (Å²) < 4.78 is 5.65. The third kappa shape index (κ3) is 9.04. The van der Waals surface area contributed by atoms with E-state index in [4.69, 9.17) is 4.74 Å². The van der Waals surface area contributed by atoms with Crippen LogP contribution in [0.25, 0.3) is 0 Å². The number of hydrogen-bond donors (Lipinski definition) is 0. The topological polar surface area (TPSA) is 12.5 Å². The SMILES string of the molecule is C=C/C=C\CC1OC1CCCCCCCCCCC. The van der Waals surface area contributed by atoms with Gasteiger partial charge < -0.3 is 4.74 Å². The highest BCUT2D eigenvalue weighted by atomic mass is 16.6. The fourth-order valence-electron chi connectivity index (χ4n) is 2.61. The summed E-state index contributed by atoms with van der Waals surface area (Å²) in [5.41, 5.74) is 0. The molecule has 1 aliphatic rings. The zero-order chi connectivity index (χ0) is 13.8. The molecule has 0 radical (unpaired) electrons. The van der Waals surface area contributed by atoms with E-state index in [0.29, 0.717) is 12.2 Å². The monoisotopic (exact) mass is 264 g/mol. The lowest BCUT2D eigenvalue weighted by atomic mass is 10.0. The molecule has 0 aromatic rings. The Morgan fingerprint density at radius 2 is 1.53 bits per heavy atom. The molecule has 1 rings (SSSR count). The summed E-state index contributed by atoms with van der Waals surface area (Å²) in [7, 11) is 0. The van der Waals surface area contributed by atoms with E-state index in [1.165, 1.54) is 64.2 Å². The minimum Gasteiger partial charge on any atom is -0.369 e. The molecule has 110 valence electrons. The van der Waals surface area contributed by atoms with E-state index in [1.54, 1.807) is 0 Å². The number of rotatable bonds is 13. The Balaban J connectivity index is 1.77. The predicted molar refractivity (Wildman–Crippen MR) is 84.5 cm³/mol. The van der Waals surface area contributed by atoms with Gasteiger partial charge in [0.1, 0.15) is 0 Å². The number of ether oxygens (including phenoxy) is 1. The largest absolute Gasteiger partial charge is 0.369 e. The molecule has 0 saturated carbocycles. The lowest BCUT2D eigenvalue weighted by Gasteiger charge is -2.01. The van der Waals surface area contributed by atoms with E-state index in [2.05, 4.69) is 19.6 Å². The van der Waals surface area contributed by atoms with Gasteiger partial charge in [0.2, 0.25) is 0 Å². The van der Waals surface area contributed by atoms with Crippen molar-refractivity contribution in [1.82, 2.24) is 0 Å². The van der Waals surface area contributed by atoms with Gasteiger partial charge in [-0.15, -0.1) is 0 Å². The third-order valence-electron chi connectivity index (χ3n) is 3.92. The number of epoxide rings is 1. The van der Waals surface area contributed by atoms with Crippen LogP contribution >= 0.6 is 0 Å². The highest BCUT2D eigenvalue weighted by molar-refractivity contribution is 5.01. The Hall–Kier alpha value is -0.560. The Bertz CT molecular complexity index is 244. The molecule has 1 heteroatoms. The Morgan fingerprint density at radius 1 is 0.895 bits per heavy atom. The maximum Gasteiger partial charge on any atom is 0.0876 e. The molecule has 19 heavy (non-hydrogen) atoms. The lowest BCUT2D eigenvalue weighted by molar-refractivity contribution is 0.358. The van der Waals surface area contributed by atoms with E-state index < -0.39 is 0 Å². The van der Waals surface area contributed by atoms with Gasteiger partial charge in [-0.2, -0.15) is 0 Å². The second-order valence-electron chi connectivity index (χ2n) is 5.73. The van der Waals surface area contributed by atoms with E-state index in [0.717, 1.165) is 6.42 Å². The van der Waals surface area contributed by atoms with Gasteiger partial charge in [-0.1, -0.05) is 89.5 Å². The van der Waals surface area contributed by atoms with Gasteiger partial charge in [-0.05, 0) is 12.8 Å². The minimum atomic E-state index is 0.505. The summed E-state index contributed by atoms with van der Waals surface area (Å²) in [4.78, 5) is 0. The van der Waals surface area contributed by atoms with Crippen molar-refractivity contribution in [3.63, 3.8) is 0 Å². The van der Waals surface area contributed by atoms with Gasteiger partial charge in [0.25, 0.3) is 0 Å². The van der Waals surface area contributed by atoms with Crippen LogP contribution in [0.2, 0.25) is 0 Å². The van der Waals surface area contributed by atoms with Crippen LogP contribution in [0, 0.1) is 0 Å². The molecule has 1 fully saturated rings. The van der Waals surface area contributed by atoms with Crippen molar-refractivity contribution in [2.45, 2.75) is 89.8 Å². The summed E-state index contributed by atoms with van der Waals surface area (Å²) in [6.45, 7) is 5.95. The highest BCUT2D eigenvalue weighted by Gasteiger charge is 2.36. The second kappa shape index (κ2) is 11.3. The fourth-order valence-corrected chi connectivity index (χ4v) is 2.61. The molecule has 2 atom stereocenters. The molecule has 0 spiro atoms. The average Bonchev–Trinajstić information content (AvgIpc) is 3.16. The molecule has 1 aliphatic heterocycles. The Labute approximate surface area is 120 Å².